The van der Waals surface area contributed by atoms with E-state index in [4.69, 9.17) is 10.8 Å². The number of carboxylic acid groups (broad SMARTS) is 1. The van der Waals surface area contributed by atoms with Crippen molar-refractivity contribution in [3.63, 3.8) is 0 Å². The third-order valence-electron chi connectivity index (χ3n) is 2.22. The molecule has 0 saturated heterocycles. The minimum absolute atomic E-state index is 0.132. The number of hydrogen-bond acceptors (Lipinski definition) is 4. The van der Waals surface area contributed by atoms with Gasteiger partial charge >= 0.3 is 5.97 Å². The molecule has 1 heterocycles. The molecule has 1 aromatic rings. The number of hydrogen-bond donors (Lipinski definition) is 3. The van der Waals surface area contributed by atoms with Gasteiger partial charge in [0.15, 0.2) is 0 Å². The van der Waals surface area contributed by atoms with Crippen molar-refractivity contribution < 1.29 is 19.5 Å². The topological polar surface area (TPSA) is 109 Å². The van der Waals surface area contributed by atoms with E-state index in [9.17, 15) is 14.4 Å². The van der Waals surface area contributed by atoms with E-state index in [1.807, 2.05) is 6.92 Å². The van der Waals surface area contributed by atoms with Gasteiger partial charge in [0.05, 0.1) is 12.0 Å². The highest BCUT2D eigenvalue weighted by Gasteiger charge is 2.15. The first-order valence-electron chi connectivity index (χ1n) is 5.38. The van der Waals surface area contributed by atoms with Crippen LogP contribution in [0.1, 0.15) is 35.0 Å². The normalized spacial score (nSPS) is 10.1. The van der Waals surface area contributed by atoms with Gasteiger partial charge in [0.1, 0.15) is 5.00 Å². The average Bonchev–Trinajstić information content (AvgIpc) is 2.69. The Bertz CT molecular complexity index is 481. The number of aliphatic carboxylic acids is 1. The molecule has 0 saturated carbocycles. The second-order valence-corrected chi connectivity index (χ2v) is 4.75. The molecule has 0 aliphatic rings. The van der Waals surface area contributed by atoms with Crippen molar-refractivity contribution in [1.29, 1.82) is 0 Å². The minimum atomic E-state index is -1.04. The zero-order valence-electron chi connectivity index (χ0n) is 9.86. The Morgan fingerprint density at radius 3 is 2.56 bits per heavy atom. The maximum atomic E-state index is 11.5. The quantitative estimate of drug-likeness (QED) is 0.721. The maximum absolute atomic E-state index is 11.5. The number of anilines is 1. The third-order valence-corrected chi connectivity index (χ3v) is 3.41. The van der Waals surface area contributed by atoms with Gasteiger partial charge in [-0.1, -0.05) is 6.92 Å². The van der Waals surface area contributed by atoms with Crippen molar-refractivity contribution in [2.45, 2.75) is 26.2 Å². The molecule has 6 nitrogen and oxygen atoms in total. The van der Waals surface area contributed by atoms with Gasteiger partial charge in [0, 0.05) is 11.3 Å². The fourth-order valence-electron chi connectivity index (χ4n) is 1.30. The van der Waals surface area contributed by atoms with Crippen molar-refractivity contribution in [3.8, 4) is 0 Å². The van der Waals surface area contributed by atoms with Crippen molar-refractivity contribution in [2.75, 3.05) is 5.32 Å². The summed E-state index contributed by atoms with van der Waals surface area (Å²) in [5.41, 5.74) is 5.47. The van der Waals surface area contributed by atoms with Crippen LogP contribution in [0.3, 0.4) is 0 Å². The van der Waals surface area contributed by atoms with Crippen LogP contribution in [0.4, 0.5) is 5.00 Å². The second-order valence-electron chi connectivity index (χ2n) is 3.62. The molecule has 2 amide bonds. The van der Waals surface area contributed by atoms with E-state index >= 15 is 0 Å². The lowest BCUT2D eigenvalue weighted by atomic mass is 10.2. The van der Waals surface area contributed by atoms with Crippen LogP contribution in [0, 0.1) is 0 Å². The summed E-state index contributed by atoms with van der Waals surface area (Å²) >= 11 is 1.27. The minimum Gasteiger partial charge on any atom is -0.481 e. The summed E-state index contributed by atoms with van der Waals surface area (Å²) in [6.45, 7) is 1.92. The Kier molecular flexibility index (Phi) is 4.85. The predicted octanol–water partition coefficient (Wildman–Crippen LogP) is 1.21. The number of primary amides is 1. The van der Waals surface area contributed by atoms with Crippen LogP contribution in [0.25, 0.3) is 0 Å². The molecule has 18 heavy (non-hydrogen) atoms. The standard InChI is InChI=1S/C11H14N2O4S/c1-2-6-5-7(10(12)17)11(18-6)13-8(14)3-4-9(15)16/h5H,2-4H2,1H3,(H2,12,17)(H,13,14)(H,15,16). The number of carboxylic acids is 1. The fraction of sp³-hybridized carbons (Fsp3) is 0.364. The summed E-state index contributed by atoms with van der Waals surface area (Å²) in [6, 6.07) is 1.64. The largest absolute Gasteiger partial charge is 0.481 e. The molecule has 1 aromatic heterocycles. The smallest absolute Gasteiger partial charge is 0.303 e. The van der Waals surface area contributed by atoms with Gasteiger partial charge in [0.25, 0.3) is 5.91 Å². The summed E-state index contributed by atoms with van der Waals surface area (Å²) in [6.07, 6.45) is 0.354. The van der Waals surface area contributed by atoms with Crippen LogP contribution < -0.4 is 11.1 Å². The monoisotopic (exact) mass is 270 g/mol. The maximum Gasteiger partial charge on any atom is 0.303 e. The first kappa shape index (κ1) is 14.2. The summed E-state index contributed by atoms with van der Waals surface area (Å²) in [5.74, 6) is -2.09. The van der Waals surface area contributed by atoms with Crippen LogP contribution in [0.2, 0.25) is 0 Å². The van der Waals surface area contributed by atoms with E-state index in [-0.39, 0.29) is 18.4 Å². The van der Waals surface area contributed by atoms with Gasteiger partial charge in [-0.2, -0.15) is 0 Å². The Labute approximate surface area is 108 Å². The van der Waals surface area contributed by atoms with Gasteiger partial charge in [0.2, 0.25) is 5.91 Å². The molecule has 7 heteroatoms. The van der Waals surface area contributed by atoms with Gasteiger partial charge in [-0.15, -0.1) is 11.3 Å². The van der Waals surface area contributed by atoms with Gasteiger partial charge in [-0.3, -0.25) is 14.4 Å². The SMILES string of the molecule is CCc1cc(C(N)=O)c(NC(=O)CCC(=O)O)s1. The Morgan fingerprint density at radius 1 is 1.39 bits per heavy atom. The summed E-state index contributed by atoms with van der Waals surface area (Å²) in [4.78, 5) is 33.9. The van der Waals surface area contributed by atoms with Crippen molar-refractivity contribution in [1.82, 2.24) is 0 Å². The second kappa shape index (κ2) is 6.15. The zero-order chi connectivity index (χ0) is 13.7. The molecule has 0 aliphatic carbocycles. The zero-order valence-corrected chi connectivity index (χ0v) is 10.7. The molecule has 4 N–H and O–H groups in total. The van der Waals surface area contributed by atoms with Gasteiger partial charge in [-0.05, 0) is 12.5 Å². The number of carbonyl (C=O) groups excluding carboxylic acids is 2. The van der Waals surface area contributed by atoms with E-state index in [1.165, 1.54) is 11.3 Å². The molecule has 0 aliphatic heterocycles. The lowest BCUT2D eigenvalue weighted by Gasteiger charge is -2.02. The van der Waals surface area contributed by atoms with E-state index in [0.717, 1.165) is 11.3 Å². The first-order valence-corrected chi connectivity index (χ1v) is 6.19. The highest BCUT2D eigenvalue weighted by Crippen LogP contribution is 2.28. The molecule has 0 fully saturated rings. The molecule has 0 unspecified atom stereocenters. The molecule has 0 radical (unpaired) electrons. The van der Waals surface area contributed by atoms with Crippen LogP contribution >= 0.6 is 11.3 Å². The lowest BCUT2D eigenvalue weighted by molar-refractivity contribution is -0.138. The predicted molar refractivity (Wildman–Crippen MR) is 67.7 cm³/mol. The van der Waals surface area contributed by atoms with Crippen molar-refractivity contribution >= 4 is 34.1 Å². The summed E-state index contributed by atoms with van der Waals surface area (Å²) in [7, 11) is 0. The number of rotatable bonds is 6. The first-order chi connectivity index (χ1) is 8.43. The molecule has 0 aromatic carbocycles. The van der Waals surface area contributed by atoms with E-state index in [1.54, 1.807) is 6.07 Å². The molecular weight excluding hydrogens is 256 g/mol. The Balaban J connectivity index is 2.76. The number of aryl methyl sites for hydroxylation is 1. The highest BCUT2D eigenvalue weighted by molar-refractivity contribution is 7.16. The van der Waals surface area contributed by atoms with Crippen molar-refractivity contribution in [2.24, 2.45) is 5.73 Å². The number of carbonyl (C=O) groups is 3. The van der Waals surface area contributed by atoms with Gasteiger partial charge < -0.3 is 16.2 Å². The van der Waals surface area contributed by atoms with Crippen molar-refractivity contribution in [3.05, 3.63) is 16.5 Å². The summed E-state index contributed by atoms with van der Waals surface area (Å²) < 4.78 is 0. The van der Waals surface area contributed by atoms with E-state index in [0.29, 0.717) is 5.00 Å². The molecule has 0 spiro atoms. The summed E-state index contributed by atoms with van der Waals surface area (Å²) in [5, 5.41) is 11.4. The van der Waals surface area contributed by atoms with E-state index < -0.39 is 17.8 Å². The number of thiophene rings is 1. The number of amides is 2. The molecule has 1 rings (SSSR count). The lowest BCUT2D eigenvalue weighted by Crippen LogP contribution is -2.17. The van der Waals surface area contributed by atoms with Gasteiger partial charge in [-0.25, -0.2) is 0 Å². The average molecular weight is 270 g/mol. The van der Waals surface area contributed by atoms with Crippen LogP contribution in [0.15, 0.2) is 6.07 Å². The Hall–Kier alpha value is -1.89. The van der Waals surface area contributed by atoms with Crippen LogP contribution in [0.5, 0.6) is 0 Å². The van der Waals surface area contributed by atoms with E-state index in [2.05, 4.69) is 5.32 Å². The molecule has 0 atom stereocenters. The fourth-order valence-corrected chi connectivity index (χ4v) is 2.32. The highest BCUT2D eigenvalue weighted by atomic mass is 32.1. The molecule has 0 bridgehead atoms. The Morgan fingerprint density at radius 2 is 2.06 bits per heavy atom. The molecule has 98 valence electrons. The van der Waals surface area contributed by atoms with Crippen LogP contribution in [-0.2, 0) is 16.0 Å². The third kappa shape index (κ3) is 3.85. The number of nitrogens with two attached hydrogens (primary N) is 1. The molecular formula is C11H14N2O4S. The number of nitrogens with one attached hydrogen (secondary N) is 1. The van der Waals surface area contributed by atoms with Crippen LogP contribution in [-0.4, -0.2) is 22.9 Å².